The van der Waals surface area contributed by atoms with Crippen LogP contribution in [0.3, 0.4) is 0 Å². The highest BCUT2D eigenvalue weighted by atomic mass is 28.3. The van der Waals surface area contributed by atoms with Gasteiger partial charge in [-0.3, -0.25) is 62.3 Å². The highest BCUT2D eigenvalue weighted by Gasteiger charge is 2.66. The number of aryl methyl sites for hydroxylation is 4. The van der Waals surface area contributed by atoms with Gasteiger partial charge in [-0.2, -0.15) is 0 Å². The van der Waals surface area contributed by atoms with Crippen molar-refractivity contribution in [2.75, 3.05) is 27.2 Å². The summed E-state index contributed by atoms with van der Waals surface area (Å²) >= 11 is 0. The van der Waals surface area contributed by atoms with Gasteiger partial charge in [0, 0.05) is 97.9 Å². The van der Waals surface area contributed by atoms with Gasteiger partial charge in [-0.1, -0.05) is 79.6 Å². The maximum absolute atomic E-state index is 13.5. The average Bonchev–Trinajstić information content (AvgIpc) is 0.719. The fourth-order valence-corrected chi connectivity index (χ4v) is 22.8. The number of hydrogen-bond donors (Lipinski definition) is 21. The Labute approximate surface area is 793 Å². The number of benzene rings is 5. The van der Waals surface area contributed by atoms with Crippen molar-refractivity contribution < 1.29 is 154 Å². The topological polar surface area (TPSA) is 705 Å². The number of rotatable bonds is 16. The number of phenolic OH excluding ortho intramolecular Hbond substituents is 4. The van der Waals surface area contributed by atoms with E-state index in [4.69, 9.17) is 33.4 Å². The van der Waals surface area contributed by atoms with Gasteiger partial charge >= 0.3 is 5.97 Å². The van der Waals surface area contributed by atoms with E-state index in [1.165, 1.54) is 42.5 Å². The Kier molecular flexibility index (Phi) is 26.8. The molecule has 0 bridgehead atoms. The molecule has 38 heteroatoms. The largest absolute Gasteiger partial charge is 0.508 e. The van der Waals surface area contributed by atoms with Crippen LogP contribution in [0.25, 0.3) is 29.1 Å². The number of phenols is 4. The number of nitrogens with zero attached hydrogens (tertiary/aromatic N) is 1. The van der Waals surface area contributed by atoms with Crippen LogP contribution < -0.4 is 28.7 Å². The lowest BCUT2D eigenvalue weighted by molar-refractivity contribution is -0.149. The SMILES string of the molecule is CN(C)CCCOC(=O)/C=C/c1ccc(O)c2c1C[C@H]1C[C@H]3CC(=O)C(C(N)=O)=C(O)[C@@]3(O)C(=O)C1=C2O.C[Si](C)(C)CCc1ccc(O)c2c1C[C@H]1C[C@H]3CC(=O)C(C(N)=O)=C(O)[C@@]3(O)C(=O)C1=C2O.Cc1ccc(CCc2ccc(O)c3c2C[C@H]2C[C@H]4CC(=O)C(C(N)=O)=C(O)[C@@]4(O)C(=O)C2=C3O)cc1.NC(=O)C#Cc1ccc(O)c2c1C[C@H]1C[C@H]3CC(=O)C(C(N)=O)=C(O)[C@@]3(O)C(=O)C1=C2O. The second-order valence-corrected chi connectivity index (χ2v) is 44.3. The fourth-order valence-electron chi connectivity index (χ4n) is 21.8. The molecule has 0 aliphatic heterocycles. The van der Waals surface area contributed by atoms with Crippen LogP contribution in [0.4, 0.5) is 0 Å². The molecule has 4 saturated carbocycles. The first-order chi connectivity index (χ1) is 65.2. The molecule has 0 radical (unpaired) electrons. The van der Waals surface area contributed by atoms with Gasteiger partial charge in [-0.25, -0.2) is 4.79 Å². The van der Waals surface area contributed by atoms with E-state index in [0.29, 0.717) is 53.5 Å². The molecule has 12 atom stereocenters. The van der Waals surface area contributed by atoms with E-state index in [-0.39, 0.29) is 126 Å². The highest BCUT2D eigenvalue weighted by molar-refractivity contribution is 6.76. The number of esters is 1. The molecule has 0 heterocycles. The van der Waals surface area contributed by atoms with E-state index < -0.39 is 241 Å². The number of carbonyl (C=O) groups is 14. The maximum Gasteiger partial charge on any atom is 0.330 e. The van der Waals surface area contributed by atoms with Crippen molar-refractivity contribution >= 4 is 119 Å². The fraction of sp³-hybridized carbons (Fsp3) is 0.366. The second kappa shape index (κ2) is 37.2. The molecule has 12 aliphatic rings. The van der Waals surface area contributed by atoms with Gasteiger partial charge in [-0.05, 0) is 209 Å². The molecule has 0 unspecified atom stereocenters. The lowest BCUT2D eigenvalue weighted by Crippen LogP contribution is -2.58. The number of carbonyl (C=O) groups excluding carboxylic acids is 14. The van der Waals surface area contributed by atoms with Crippen molar-refractivity contribution in [3.8, 4) is 34.8 Å². The van der Waals surface area contributed by atoms with Gasteiger partial charge in [0.05, 0.1) is 28.9 Å². The number of Topliss-reactive ketones (excluding diaryl/α,β-unsaturated/α-hetero) is 8. The van der Waals surface area contributed by atoms with E-state index in [9.17, 15) is 149 Å². The lowest BCUT2D eigenvalue weighted by atomic mass is 9.59. The molecule has 728 valence electrons. The zero-order chi connectivity index (χ0) is 102. The molecule has 5 aromatic carbocycles. The summed E-state index contributed by atoms with van der Waals surface area (Å²) in [6, 6.07) is 21.3. The molecule has 4 fully saturated rings. The number of nitrogens with two attached hydrogens (primary N) is 5. The van der Waals surface area contributed by atoms with Gasteiger partial charge in [0.2, 0.25) is 23.1 Å². The zero-order valence-corrected chi connectivity index (χ0v) is 77.2. The number of ketones is 8. The summed E-state index contributed by atoms with van der Waals surface area (Å²) in [5.74, 6) is -22.8. The predicted molar refractivity (Wildman–Crippen MR) is 495 cm³/mol. The number of hydrogen-bond acceptors (Lipinski definition) is 32. The zero-order valence-electron chi connectivity index (χ0n) is 76.2. The van der Waals surface area contributed by atoms with E-state index >= 15 is 0 Å². The smallest absolute Gasteiger partial charge is 0.330 e. The third kappa shape index (κ3) is 17.3. The summed E-state index contributed by atoms with van der Waals surface area (Å²) in [6.45, 7) is 9.80. The quantitative estimate of drug-likeness (QED) is 0.0154. The Morgan fingerprint density at radius 2 is 0.748 bits per heavy atom. The van der Waals surface area contributed by atoms with Crippen LogP contribution in [0.1, 0.15) is 136 Å². The van der Waals surface area contributed by atoms with Crippen molar-refractivity contribution in [2.45, 2.75) is 158 Å². The first-order valence-corrected chi connectivity index (χ1v) is 48.5. The third-order valence-corrected chi connectivity index (χ3v) is 30.4. The van der Waals surface area contributed by atoms with Crippen LogP contribution >= 0.6 is 0 Å². The van der Waals surface area contributed by atoms with Crippen LogP contribution in [0, 0.1) is 66.1 Å². The van der Waals surface area contributed by atoms with E-state index in [2.05, 4.69) is 43.6 Å². The van der Waals surface area contributed by atoms with Crippen molar-refractivity contribution in [1.82, 2.24) is 4.90 Å². The molecule has 5 aromatic rings. The van der Waals surface area contributed by atoms with E-state index in [0.717, 1.165) is 53.2 Å². The van der Waals surface area contributed by atoms with Crippen LogP contribution in [0.5, 0.6) is 23.0 Å². The normalized spacial score (nSPS) is 26.0. The molecule has 0 saturated heterocycles. The second-order valence-electron chi connectivity index (χ2n) is 38.7. The first kappa shape index (κ1) is 100. The number of fused-ring (bicyclic) bond motifs is 12. The number of aliphatic hydroxyl groups excluding tert-OH is 8. The Morgan fingerprint density at radius 1 is 0.424 bits per heavy atom. The van der Waals surface area contributed by atoms with Gasteiger partial charge in [-0.15, -0.1) is 0 Å². The van der Waals surface area contributed by atoms with Crippen molar-refractivity contribution in [2.24, 2.45) is 76.0 Å². The molecular formula is C101H104N6O31Si. The van der Waals surface area contributed by atoms with Crippen LogP contribution in [0.15, 0.2) is 146 Å². The summed E-state index contributed by atoms with van der Waals surface area (Å²) in [5, 5.41) is 174. The molecule has 0 spiro atoms. The number of aromatic hydroxyl groups is 4. The van der Waals surface area contributed by atoms with Crippen molar-refractivity contribution in [1.29, 1.82) is 0 Å². The predicted octanol–water partition coefficient (Wildman–Crippen LogP) is 5.01. The third-order valence-electron chi connectivity index (χ3n) is 28.7. The molecule has 139 heavy (non-hydrogen) atoms. The highest BCUT2D eigenvalue weighted by Crippen LogP contribution is 2.59. The maximum atomic E-state index is 13.5. The summed E-state index contributed by atoms with van der Waals surface area (Å²) in [4.78, 5) is 176. The van der Waals surface area contributed by atoms with Crippen LogP contribution in [-0.4, -0.2) is 226 Å². The molecule has 37 nitrogen and oxygen atoms in total. The summed E-state index contributed by atoms with van der Waals surface area (Å²) < 4.78 is 5.19. The Morgan fingerprint density at radius 3 is 1.09 bits per heavy atom. The number of ether oxygens (including phenoxy) is 1. The molecule has 12 aliphatic carbocycles. The number of amides is 5. The molecule has 26 N–H and O–H groups in total. The van der Waals surface area contributed by atoms with Gasteiger partial charge in [0.25, 0.3) is 29.5 Å². The minimum atomic E-state index is -2.62. The van der Waals surface area contributed by atoms with Gasteiger partial charge in [0.15, 0.2) is 45.5 Å². The lowest BCUT2D eigenvalue weighted by Gasteiger charge is -2.46. The van der Waals surface area contributed by atoms with E-state index in [1.807, 2.05) is 44.1 Å². The monoisotopic (exact) mass is 1920 g/mol. The van der Waals surface area contributed by atoms with Gasteiger partial charge < -0.3 is 120 Å². The summed E-state index contributed by atoms with van der Waals surface area (Å²) in [7, 11) is 2.47. The summed E-state index contributed by atoms with van der Waals surface area (Å²) in [6.07, 6.45) is 5.29. The van der Waals surface area contributed by atoms with Crippen LogP contribution in [0.2, 0.25) is 25.7 Å². The average molecular weight is 1930 g/mol. The first-order valence-electron chi connectivity index (χ1n) is 44.8. The Balaban J connectivity index is 0.000000148. The Bertz CT molecular complexity index is 6720. The van der Waals surface area contributed by atoms with E-state index in [1.54, 1.807) is 12.1 Å². The number of aliphatic hydroxyl groups is 12. The summed E-state index contributed by atoms with van der Waals surface area (Å²) in [5.41, 5.74) is 19.0. The standard InChI is InChI=1S/C28H27NO7.C27H30N2O9.C24H29NO7Si.C22H18N2O8/c1-13-2-4-14(5-3-13)6-7-15-8-9-19(30)22-18(15)11-16-10-17-12-20(31)23(27(29)35)26(34)28(17,36)25(33)21(16)24(22)32;1-29(2)8-3-9-38-19(32)7-5-13-4-6-17(30)21-16(13)11-14-10-15-12-18(31)22(26(28)36)25(35)27(15,37)24(34)20(14)23(21)33;1-33(2,3)7-6-11-4-5-15(26)18-14(11)9-12-8-13-10-16(27)19(23(25)31)22(30)24(13,32)21(29)17(12)20(18)28;23-14(27)4-2-8-1-3-12(25)16-11(8)6-9-5-10-7-13(26)17(21(24)31)20(30)22(10,32)19(29)15(9)18(16)28/h2-5,8-9,16-17,30,32,34,36H,6-7,10-12H2,1H3,(H2,29,35);4-7,14-15,30,33,35,37H,3,8-12H2,1-2H3,(H2,28,36);4-5,12-13,26,28,30,32H,6-10H2,1-3H3,(H2,25,31);1,3,9-10,25,28,30,32H,5-7H2,(H2,23,27)(H2,24,31)/b;7-5+;;/t16-,17+,28+;14-,15+,27+;12-,13+,24+;9-,10+,22+/m1111/s1. The minimum Gasteiger partial charge on any atom is -0.508 e. The molecule has 0 aromatic heterocycles. The molecular weight excluding hydrogens is 1820 g/mol. The molecule has 5 amide bonds. The number of primary amides is 5. The molecule has 17 rings (SSSR count). The van der Waals surface area contributed by atoms with Crippen molar-refractivity contribution in [3.05, 3.63) is 224 Å². The minimum absolute atomic E-state index is 0.00125. The van der Waals surface area contributed by atoms with Crippen molar-refractivity contribution in [3.63, 3.8) is 0 Å². The van der Waals surface area contributed by atoms with Crippen LogP contribution in [-0.2, 0) is 117 Å². The Hall–Kier alpha value is -14.9. The van der Waals surface area contributed by atoms with Gasteiger partial charge in [0.1, 0.15) is 91.4 Å².